The molecule has 0 atom stereocenters. The molecule has 8 nitrogen and oxygen atoms in total. The monoisotopic (exact) mass is 430 g/mol. The van der Waals surface area contributed by atoms with Gasteiger partial charge in [0.05, 0.1) is 36.7 Å². The number of ether oxygens (including phenoxy) is 2. The molecule has 32 heavy (non-hydrogen) atoms. The van der Waals surface area contributed by atoms with E-state index in [2.05, 4.69) is 15.2 Å². The Morgan fingerprint density at radius 3 is 2.50 bits per heavy atom. The number of hydrogen-bond acceptors (Lipinski definition) is 6. The van der Waals surface area contributed by atoms with Gasteiger partial charge in [0.15, 0.2) is 17.2 Å². The highest BCUT2D eigenvalue weighted by atomic mass is 16.5. The molecule has 2 aromatic carbocycles. The molecule has 0 radical (unpaired) electrons. The van der Waals surface area contributed by atoms with E-state index >= 15 is 0 Å². The standard InChI is InChI=1S/C24H22N4O4/c1-14-16(10-11-18(25-14)15-9-12-20(31-3)21(13-15)32-4)23(29)27-26-22-17-7-5-6-8-19(17)28(2)24(22)30/h5-13,30H,1-4H3. The molecule has 4 rings (SSSR count). The van der Waals surface area contributed by atoms with Crippen LogP contribution in [0.5, 0.6) is 17.4 Å². The van der Waals surface area contributed by atoms with Crippen molar-refractivity contribution in [3.63, 3.8) is 0 Å². The number of carbonyl (C=O) groups is 1. The molecule has 2 aromatic heterocycles. The van der Waals surface area contributed by atoms with E-state index in [-0.39, 0.29) is 11.6 Å². The second-order valence-electron chi connectivity index (χ2n) is 7.15. The lowest BCUT2D eigenvalue weighted by Crippen LogP contribution is -2.01. The van der Waals surface area contributed by atoms with Gasteiger partial charge in [-0.2, -0.15) is 0 Å². The lowest BCUT2D eigenvalue weighted by atomic mass is 10.1. The molecular formula is C24H22N4O4. The van der Waals surface area contributed by atoms with Crippen molar-refractivity contribution in [3.8, 4) is 28.6 Å². The molecule has 1 N–H and O–H groups in total. The maximum atomic E-state index is 12.7. The highest BCUT2D eigenvalue weighted by molar-refractivity contribution is 5.98. The number of methoxy groups -OCH3 is 2. The van der Waals surface area contributed by atoms with Crippen molar-refractivity contribution in [3.05, 3.63) is 65.9 Å². The molecule has 0 saturated heterocycles. The molecule has 0 saturated carbocycles. The van der Waals surface area contributed by atoms with Crippen LogP contribution in [0.25, 0.3) is 22.2 Å². The van der Waals surface area contributed by atoms with E-state index < -0.39 is 5.91 Å². The predicted octanol–water partition coefficient (Wildman–Crippen LogP) is 5.20. The fourth-order valence-electron chi connectivity index (χ4n) is 3.55. The number of para-hydroxylation sites is 1. The summed E-state index contributed by atoms with van der Waals surface area (Å²) in [6.45, 7) is 1.74. The van der Waals surface area contributed by atoms with Gasteiger partial charge in [-0.1, -0.05) is 18.2 Å². The first-order valence-corrected chi connectivity index (χ1v) is 9.87. The molecule has 0 unspecified atom stereocenters. The summed E-state index contributed by atoms with van der Waals surface area (Å²) in [5.74, 6) is 0.618. The van der Waals surface area contributed by atoms with Crippen molar-refractivity contribution >= 4 is 22.5 Å². The fraction of sp³-hybridized carbons (Fsp3) is 0.167. The molecule has 0 aliphatic heterocycles. The van der Waals surface area contributed by atoms with Crippen LogP contribution in [-0.2, 0) is 7.05 Å². The largest absolute Gasteiger partial charge is 0.493 e. The number of aromatic nitrogens is 2. The van der Waals surface area contributed by atoms with E-state index in [1.54, 1.807) is 51.0 Å². The SMILES string of the molecule is COc1ccc(-c2ccc(C(=O)N=Nc3c(O)n(C)c4ccccc34)c(C)n2)cc1OC. The summed E-state index contributed by atoms with van der Waals surface area (Å²) in [5.41, 5.74) is 3.41. The summed E-state index contributed by atoms with van der Waals surface area (Å²) < 4.78 is 12.2. The van der Waals surface area contributed by atoms with Crippen molar-refractivity contribution in [2.75, 3.05) is 14.2 Å². The average molecular weight is 430 g/mol. The summed E-state index contributed by atoms with van der Waals surface area (Å²) in [7, 11) is 4.87. The van der Waals surface area contributed by atoms with E-state index in [4.69, 9.17) is 9.47 Å². The topological polar surface area (TPSA) is 98.3 Å². The van der Waals surface area contributed by atoms with Gasteiger partial charge in [-0.15, -0.1) is 10.2 Å². The van der Waals surface area contributed by atoms with Crippen LogP contribution in [0.2, 0.25) is 0 Å². The van der Waals surface area contributed by atoms with Crippen molar-refractivity contribution < 1.29 is 19.4 Å². The number of benzene rings is 2. The van der Waals surface area contributed by atoms with Crippen molar-refractivity contribution in [2.45, 2.75) is 6.92 Å². The summed E-state index contributed by atoms with van der Waals surface area (Å²) in [6, 6.07) is 16.3. The van der Waals surface area contributed by atoms with E-state index in [1.807, 2.05) is 36.4 Å². The molecule has 0 spiro atoms. The van der Waals surface area contributed by atoms with Gasteiger partial charge >= 0.3 is 0 Å². The first-order valence-electron chi connectivity index (χ1n) is 9.87. The Kier molecular flexibility index (Phi) is 5.59. The Labute approximate surface area is 184 Å². The lowest BCUT2D eigenvalue weighted by molar-refractivity contribution is 0.0994. The smallest absolute Gasteiger partial charge is 0.297 e. The van der Waals surface area contributed by atoms with E-state index in [1.165, 1.54) is 0 Å². The molecule has 162 valence electrons. The van der Waals surface area contributed by atoms with E-state index in [9.17, 15) is 9.90 Å². The number of rotatable bonds is 5. The number of nitrogens with zero attached hydrogens (tertiary/aromatic N) is 4. The Morgan fingerprint density at radius 2 is 1.78 bits per heavy atom. The van der Waals surface area contributed by atoms with Crippen LogP contribution >= 0.6 is 0 Å². The Hall–Kier alpha value is -4.20. The third kappa shape index (κ3) is 3.66. The molecule has 0 aliphatic carbocycles. The number of aromatic hydroxyl groups is 1. The number of azo groups is 1. The van der Waals surface area contributed by atoms with Gasteiger partial charge in [0.2, 0.25) is 5.88 Å². The second-order valence-corrected chi connectivity index (χ2v) is 7.15. The van der Waals surface area contributed by atoms with Gasteiger partial charge in [0.25, 0.3) is 5.91 Å². The molecule has 2 heterocycles. The fourth-order valence-corrected chi connectivity index (χ4v) is 3.55. The first-order chi connectivity index (χ1) is 15.4. The number of fused-ring (bicyclic) bond motifs is 1. The van der Waals surface area contributed by atoms with Crippen LogP contribution in [0, 0.1) is 6.92 Å². The van der Waals surface area contributed by atoms with Crippen LogP contribution < -0.4 is 9.47 Å². The lowest BCUT2D eigenvalue weighted by Gasteiger charge is -2.10. The molecule has 0 fully saturated rings. The summed E-state index contributed by atoms with van der Waals surface area (Å²) in [5, 5.41) is 19.0. The van der Waals surface area contributed by atoms with E-state index in [0.717, 1.165) is 11.1 Å². The van der Waals surface area contributed by atoms with Crippen molar-refractivity contribution in [2.24, 2.45) is 17.3 Å². The number of hydrogen-bond donors (Lipinski definition) is 1. The molecule has 8 heteroatoms. The van der Waals surface area contributed by atoms with Gasteiger partial charge in [-0.05, 0) is 43.3 Å². The zero-order valence-corrected chi connectivity index (χ0v) is 18.2. The number of carbonyl (C=O) groups excluding carboxylic acids is 1. The minimum atomic E-state index is -0.541. The third-order valence-corrected chi connectivity index (χ3v) is 5.29. The van der Waals surface area contributed by atoms with Crippen molar-refractivity contribution in [1.29, 1.82) is 0 Å². The molecule has 0 bridgehead atoms. The zero-order chi connectivity index (χ0) is 22.8. The highest BCUT2D eigenvalue weighted by Crippen LogP contribution is 2.38. The maximum Gasteiger partial charge on any atom is 0.297 e. The first kappa shape index (κ1) is 21.0. The Bertz CT molecular complexity index is 1360. The van der Waals surface area contributed by atoms with Gasteiger partial charge < -0.3 is 19.1 Å². The van der Waals surface area contributed by atoms with Gasteiger partial charge in [0.1, 0.15) is 0 Å². The summed E-state index contributed by atoms with van der Waals surface area (Å²) in [4.78, 5) is 17.2. The Balaban J connectivity index is 1.63. The van der Waals surface area contributed by atoms with Crippen LogP contribution in [0.4, 0.5) is 5.69 Å². The normalized spacial score (nSPS) is 11.2. The molecule has 0 aliphatic rings. The van der Waals surface area contributed by atoms with Gasteiger partial charge in [-0.25, -0.2) is 0 Å². The van der Waals surface area contributed by atoms with Gasteiger partial charge in [0, 0.05) is 18.0 Å². The highest BCUT2D eigenvalue weighted by Gasteiger charge is 2.16. The minimum Gasteiger partial charge on any atom is -0.493 e. The van der Waals surface area contributed by atoms with Gasteiger partial charge in [-0.3, -0.25) is 9.78 Å². The third-order valence-electron chi connectivity index (χ3n) is 5.29. The maximum absolute atomic E-state index is 12.7. The molecule has 1 amide bonds. The average Bonchev–Trinajstić information content (AvgIpc) is 3.06. The van der Waals surface area contributed by atoms with Crippen molar-refractivity contribution in [1.82, 2.24) is 9.55 Å². The van der Waals surface area contributed by atoms with Crippen LogP contribution in [0.3, 0.4) is 0 Å². The molecule has 4 aromatic rings. The number of pyridine rings is 1. The summed E-state index contributed by atoms with van der Waals surface area (Å²) >= 11 is 0. The van der Waals surface area contributed by atoms with E-state index in [0.29, 0.717) is 33.8 Å². The van der Waals surface area contributed by atoms with Crippen LogP contribution in [0.1, 0.15) is 16.1 Å². The number of amides is 1. The zero-order valence-electron chi connectivity index (χ0n) is 18.2. The Morgan fingerprint density at radius 1 is 1.03 bits per heavy atom. The predicted molar refractivity (Wildman–Crippen MR) is 121 cm³/mol. The summed E-state index contributed by atoms with van der Waals surface area (Å²) in [6.07, 6.45) is 0. The number of aryl methyl sites for hydroxylation is 2. The van der Waals surface area contributed by atoms with Crippen LogP contribution in [-0.4, -0.2) is 34.8 Å². The van der Waals surface area contributed by atoms with Crippen LogP contribution in [0.15, 0.2) is 64.8 Å². The second kappa shape index (κ2) is 8.50. The minimum absolute atomic E-state index is 0.0543. The molecular weight excluding hydrogens is 408 g/mol. The quantitative estimate of drug-likeness (QED) is 0.439.